The number of amides is 1. The van der Waals surface area contributed by atoms with Crippen LogP contribution in [0.4, 0.5) is 0 Å². The number of thioether (sulfide) groups is 1. The van der Waals surface area contributed by atoms with E-state index in [1.165, 1.54) is 4.90 Å². The van der Waals surface area contributed by atoms with Gasteiger partial charge in [-0.1, -0.05) is 37.3 Å². The first-order valence-corrected chi connectivity index (χ1v) is 7.93. The van der Waals surface area contributed by atoms with Gasteiger partial charge in [-0.3, -0.25) is 4.79 Å². The summed E-state index contributed by atoms with van der Waals surface area (Å²) in [6.07, 6.45) is 0. The van der Waals surface area contributed by atoms with Gasteiger partial charge in [-0.05, 0) is 35.6 Å². The molecule has 2 aromatic rings. The molecule has 2 aromatic carbocycles. The molecule has 1 N–H and O–H groups in total. The van der Waals surface area contributed by atoms with Crippen molar-refractivity contribution in [3.05, 3.63) is 60.2 Å². The number of nitrogens with one attached hydrogen (secondary N) is 1. The Morgan fingerprint density at radius 2 is 1.81 bits per heavy atom. The number of ether oxygens (including phenoxy) is 1. The van der Waals surface area contributed by atoms with Gasteiger partial charge in [0.05, 0.1) is 0 Å². The average molecular weight is 301 g/mol. The van der Waals surface area contributed by atoms with E-state index in [-0.39, 0.29) is 12.5 Å². The van der Waals surface area contributed by atoms with Crippen molar-refractivity contribution < 1.29 is 9.53 Å². The lowest BCUT2D eigenvalue weighted by Gasteiger charge is -2.08. The van der Waals surface area contributed by atoms with Crippen LogP contribution >= 0.6 is 11.8 Å². The summed E-state index contributed by atoms with van der Waals surface area (Å²) in [6, 6.07) is 17.6. The highest BCUT2D eigenvalue weighted by Gasteiger charge is 2.02. The van der Waals surface area contributed by atoms with Crippen LogP contribution in [0.1, 0.15) is 12.5 Å². The molecule has 3 nitrogen and oxygen atoms in total. The largest absolute Gasteiger partial charge is 0.484 e. The van der Waals surface area contributed by atoms with E-state index in [0.29, 0.717) is 12.3 Å². The molecule has 1 amide bonds. The minimum atomic E-state index is -0.120. The second-order valence-corrected chi connectivity index (χ2v) is 5.79. The molecule has 0 spiro atoms. The Morgan fingerprint density at radius 3 is 2.48 bits per heavy atom. The smallest absolute Gasteiger partial charge is 0.258 e. The third-order valence-corrected chi connectivity index (χ3v) is 3.73. The molecule has 21 heavy (non-hydrogen) atoms. The first-order chi connectivity index (χ1) is 10.3. The molecular formula is C17H19NO2S. The van der Waals surface area contributed by atoms with Gasteiger partial charge < -0.3 is 10.1 Å². The molecule has 0 bridgehead atoms. The number of hydrogen-bond acceptors (Lipinski definition) is 3. The van der Waals surface area contributed by atoms with Crippen LogP contribution in [0.3, 0.4) is 0 Å². The maximum absolute atomic E-state index is 11.7. The fraction of sp³-hybridized carbons (Fsp3) is 0.235. The Hall–Kier alpha value is -1.94. The van der Waals surface area contributed by atoms with E-state index in [9.17, 15) is 4.79 Å². The van der Waals surface area contributed by atoms with Crippen LogP contribution in [0, 0.1) is 0 Å². The van der Waals surface area contributed by atoms with Gasteiger partial charge >= 0.3 is 0 Å². The van der Waals surface area contributed by atoms with Crippen molar-refractivity contribution in [2.45, 2.75) is 18.4 Å². The van der Waals surface area contributed by atoms with E-state index in [0.717, 1.165) is 11.3 Å². The van der Waals surface area contributed by atoms with E-state index < -0.39 is 0 Å². The van der Waals surface area contributed by atoms with Crippen molar-refractivity contribution in [1.82, 2.24) is 5.32 Å². The van der Waals surface area contributed by atoms with E-state index in [1.807, 2.05) is 42.5 Å². The number of hydrogen-bond donors (Lipinski definition) is 1. The van der Waals surface area contributed by atoms with Gasteiger partial charge in [0.1, 0.15) is 5.75 Å². The summed E-state index contributed by atoms with van der Waals surface area (Å²) >= 11 is 1.81. The molecule has 0 radical (unpaired) electrons. The van der Waals surface area contributed by atoms with Crippen molar-refractivity contribution in [2.24, 2.45) is 0 Å². The van der Waals surface area contributed by atoms with Gasteiger partial charge in [-0.25, -0.2) is 0 Å². The summed E-state index contributed by atoms with van der Waals surface area (Å²) in [5.74, 6) is 1.65. The van der Waals surface area contributed by atoms with Gasteiger partial charge in [-0.15, -0.1) is 11.8 Å². The summed E-state index contributed by atoms with van der Waals surface area (Å²) < 4.78 is 5.39. The van der Waals surface area contributed by atoms with Crippen molar-refractivity contribution in [3.63, 3.8) is 0 Å². The topological polar surface area (TPSA) is 38.3 Å². The number of carbonyl (C=O) groups excluding carboxylic acids is 1. The lowest BCUT2D eigenvalue weighted by Crippen LogP contribution is -2.28. The molecule has 4 heteroatoms. The summed E-state index contributed by atoms with van der Waals surface area (Å²) in [6.45, 7) is 2.69. The van der Waals surface area contributed by atoms with Crippen LogP contribution < -0.4 is 10.1 Å². The Kier molecular flexibility index (Phi) is 6.16. The number of para-hydroxylation sites is 1. The molecule has 0 fully saturated rings. The minimum absolute atomic E-state index is 0.0355. The van der Waals surface area contributed by atoms with Crippen LogP contribution in [0.15, 0.2) is 59.5 Å². The maximum atomic E-state index is 11.7. The molecule has 0 aliphatic heterocycles. The van der Waals surface area contributed by atoms with Crippen molar-refractivity contribution in [2.75, 3.05) is 12.4 Å². The molecule has 0 unspecified atom stereocenters. The van der Waals surface area contributed by atoms with E-state index in [1.54, 1.807) is 11.8 Å². The molecule has 0 heterocycles. The van der Waals surface area contributed by atoms with Crippen molar-refractivity contribution in [1.29, 1.82) is 0 Å². The van der Waals surface area contributed by atoms with Crippen LogP contribution in [0.25, 0.3) is 0 Å². The second-order valence-electron chi connectivity index (χ2n) is 4.46. The lowest BCUT2D eigenvalue weighted by atomic mass is 10.2. The van der Waals surface area contributed by atoms with E-state index in [4.69, 9.17) is 4.74 Å². The zero-order chi connectivity index (χ0) is 14.9. The van der Waals surface area contributed by atoms with Crippen molar-refractivity contribution in [3.8, 4) is 5.75 Å². The molecule has 0 saturated heterocycles. The molecule has 0 aromatic heterocycles. The molecule has 0 saturated carbocycles. The highest BCUT2D eigenvalue weighted by molar-refractivity contribution is 7.99. The Labute approximate surface area is 129 Å². The van der Waals surface area contributed by atoms with Crippen LogP contribution in [-0.4, -0.2) is 18.3 Å². The zero-order valence-electron chi connectivity index (χ0n) is 12.0. The second kappa shape index (κ2) is 8.37. The van der Waals surface area contributed by atoms with Gasteiger partial charge in [0.25, 0.3) is 5.91 Å². The summed E-state index contributed by atoms with van der Waals surface area (Å²) in [5.41, 5.74) is 1.09. The number of benzene rings is 2. The first kappa shape index (κ1) is 15.4. The SMILES string of the molecule is CCSc1ccc(CNC(=O)COc2ccccc2)cc1. The quantitative estimate of drug-likeness (QED) is 0.796. The molecule has 0 atom stereocenters. The van der Waals surface area contributed by atoms with Gasteiger partial charge in [0.2, 0.25) is 0 Å². The van der Waals surface area contributed by atoms with Gasteiger partial charge in [-0.2, -0.15) is 0 Å². The van der Waals surface area contributed by atoms with Crippen LogP contribution in [-0.2, 0) is 11.3 Å². The highest BCUT2D eigenvalue weighted by Crippen LogP contribution is 2.17. The lowest BCUT2D eigenvalue weighted by molar-refractivity contribution is -0.123. The third-order valence-electron chi connectivity index (χ3n) is 2.84. The molecule has 0 aliphatic rings. The fourth-order valence-electron chi connectivity index (χ4n) is 1.79. The molecule has 110 valence electrons. The van der Waals surface area contributed by atoms with Gasteiger partial charge in [0.15, 0.2) is 6.61 Å². The van der Waals surface area contributed by atoms with Crippen LogP contribution in [0.2, 0.25) is 0 Å². The number of rotatable bonds is 7. The Balaban J connectivity index is 1.73. The molecular weight excluding hydrogens is 282 g/mol. The molecule has 0 aliphatic carbocycles. The summed E-state index contributed by atoms with van der Waals surface area (Å²) in [4.78, 5) is 13.0. The zero-order valence-corrected chi connectivity index (χ0v) is 12.9. The van der Waals surface area contributed by atoms with Crippen LogP contribution in [0.5, 0.6) is 5.75 Å². The average Bonchev–Trinajstić information content (AvgIpc) is 2.53. The Morgan fingerprint density at radius 1 is 1.10 bits per heavy atom. The normalized spacial score (nSPS) is 10.1. The van der Waals surface area contributed by atoms with E-state index >= 15 is 0 Å². The number of carbonyl (C=O) groups is 1. The van der Waals surface area contributed by atoms with Gasteiger partial charge in [0, 0.05) is 11.4 Å². The minimum Gasteiger partial charge on any atom is -0.484 e. The predicted molar refractivity (Wildman–Crippen MR) is 86.6 cm³/mol. The standard InChI is InChI=1S/C17H19NO2S/c1-2-21-16-10-8-14(9-11-16)12-18-17(19)13-20-15-6-4-3-5-7-15/h3-11H,2,12-13H2,1H3,(H,18,19). The highest BCUT2D eigenvalue weighted by atomic mass is 32.2. The first-order valence-electron chi connectivity index (χ1n) is 6.94. The maximum Gasteiger partial charge on any atom is 0.258 e. The Bertz CT molecular complexity index is 555. The molecule has 2 rings (SSSR count). The van der Waals surface area contributed by atoms with E-state index in [2.05, 4.69) is 24.4 Å². The fourth-order valence-corrected chi connectivity index (χ4v) is 2.45. The summed E-state index contributed by atoms with van der Waals surface area (Å²) in [7, 11) is 0. The predicted octanol–water partition coefficient (Wildman–Crippen LogP) is 3.49. The monoisotopic (exact) mass is 301 g/mol. The van der Waals surface area contributed by atoms with Crippen molar-refractivity contribution >= 4 is 17.7 Å². The summed E-state index contributed by atoms with van der Waals surface area (Å²) in [5, 5.41) is 2.85. The third kappa shape index (κ3) is 5.52.